The van der Waals surface area contributed by atoms with Gasteiger partial charge in [-0.15, -0.1) is 0 Å². The molecule has 0 fully saturated rings. The molecule has 0 saturated carbocycles. The number of aromatic nitrogens is 1. The van der Waals surface area contributed by atoms with Crippen molar-refractivity contribution in [1.29, 1.82) is 0 Å². The second kappa shape index (κ2) is 8.20. The van der Waals surface area contributed by atoms with E-state index in [0.717, 1.165) is 22.0 Å². The third-order valence-corrected chi connectivity index (χ3v) is 5.90. The third kappa shape index (κ3) is 4.55. The van der Waals surface area contributed by atoms with Crippen LogP contribution in [0, 0.1) is 5.92 Å². The Hall–Kier alpha value is -2.71. The summed E-state index contributed by atoms with van der Waals surface area (Å²) in [6.45, 7) is 0.274. The second-order valence-electron chi connectivity index (χ2n) is 7.17. The van der Waals surface area contributed by atoms with Gasteiger partial charge in [0.25, 0.3) is 0 Å². The minimum absolute atomic E-state index is 0.0232. The summed E-state index contributed by atoms with van der Waals surface area (Å²) in [5, 5.41) is 0. The number of nitrogens with zero attached hydrogens (tertiary/aromatic N) is 1. The van der Waals surface area contributed by atoms with Crippen LogP contribution < -0.4 is 9.46 Å². The predicted molar refractivity (Wildman–Crippen MR) is 119 cm³/mol. The highest BCUT2D eigenvalue weighted by atomic mass is 79.9. The van der Waals surface area contributed by atoms with Gasteiger partial charge in [0.15, 0.2) is 5.78 Å². The van der Waals surface area contributed by atoms with Gasteiger partial charge in [0, 0.05) is 28.3 Å². The summed E-state index contributed by atoms with van der Waals surface area (Å²) < 4.78 is 32.7. The number of sulfonamides is 1. The monoisotopic (exact) mass is 486 g/mol. The molecule has 2 aromatic carbocycles. The first kappa shape index (κ1) is 20.6. The van der Waals surface area contributed by atoms with Crippen LogP contribution in [0.1, 0.15) is 16.1 Å². The van der Waals surface area contributed by atoms with Crippen LogP contribution >= 0.6 is 15.9 Å². The van der Waals surface area contributed by atoms with E-state index < -0.39 is 10.0 Å². The van der Waals surface area contributed by atoms with Crippen molar-refractivity contribution < 1.29 is 17.9 Å². The largest absolute Gasteiger partial charge is 0.492 e. The zero-order valence-corrected chi connectivity index (χ0v) is 18.5. The Labute approximate surface area is 183 Å². The first-order valence-corrected chi connectivity index (χ1v) is 12.0. The molecular formula is C22H19BrN2O4S. The number of fused-ring (bicyclic) bond motifs is 1. The predicted octanol–water partition coefficient (Wildman–Crippen LogP) is 4.32. The summed E-state index contributed by atoms with van der Waals surface area (Å²) >= 11 is 3.36. The zero-order valence-electron chi connectivity index (χ0n) is 16.1. The van der Waals surface area contributed by atoms with E-state index in [4.69, 9.17) is 4.74 Å². The van der Waals surface area contributed by atoms with Gasteiger partial charge in [-0.25, -0.2) is 8.42 Å². The summed E-state index contributed by atoms with van der Waals surface area (Å²) in [6.07, 6.45) is 3.33. The second-order valence-corrected chi connectivity index (χ2v) is 9.84. The van der Waals surface area contributed by atoms with Gasteiger partial charge in [-0.1, -0.05) is 24.3 Å². The molecule has 0 aliphatic carbocycles. The van der Waals surface area contributed by atoms with Gasteiger partial charge in [-0.05, 0) is 51.8 Å². The van der Waals surface area contributed by atoms with Crippen molar-refractivity contribution in [2.45, 2.75) is 6.42 Å². The van der Waals surface area contributed by atoms with Crippen molar-refractivity contribution in [1.82, 2.24) is 4.98 Å². The van der Waals surface area contributed by atoms with Crippen LogP contribution in [0.4, 0.5) is 5.69 Å². The fraction of sp³-hybridized carbons (Fsp3) is 0.182. The number of para-hydroxylation sites is 1. The number of Topliss-reactive ketones (excluding diaryl/α,β-unsaturated/α-hetero) is 1. The Morgan fingerprint density at radius 1 is 1.13 bits per heavy atom. The van der Waals surface area contributed by atoms with E-state index in [1.807, 2.05) is 30.3 Å². The average molecular weight is 487 g/mol. The Morgan fingerprint density at radius 3 is 2.67 bits per heavy atom. The highest BCUT2D eigenvalue weighted by Crippen LogP contribution is 2.36. The molecule has 1 N–H and O–H groups in total. The Bertz CT molecular complexity index is 1210. The van der Waals surface area contributed by atoms with E-state index in [0.29, 0.717) is 29.0 Å². The molecule has 4 rings (SSSR count). The molecule has 0 spiro atoms. The third-order valence-electron chi connectivity index (χ3n) is 4.84. The maximum atomic E-state index is 13.0. The number of nitrogens with one attached hydrogen (secondary N) is 1. The number of anilines is 1. The van der Waals surface area contributed by atoms with Crippen molar-refractivity contribution in [3.8, 4) is 16.9 Å². The smallest absolute Gasteiger partial charge is 0.229 e. The minimum atomic E-state index is -3.42. The fourth-order valence-corrected chi connectivity index (χ4v) is 4.27. The van der Waals surface area contributed by atoms with Crippen molar-refractivity contribution >= 4 is 37.4 Å². The first-order chi connectivity index (χ1) is 14.3. The van der Waals surface area contributed by atoms with E-state index in [-0.39, 0.29) is 18.3 Å². The molecule has 2 heterocycles. The van der Waals surface area contributed by atoms with Crippen molar-refractivity contribution in [3.63, 3.8) is 0 Å². The highest BCUT2D eigenvalue weighted by molar-refractivity contribution is 9.10. The molecule has 3 aromatic rings. The topological polar surface area (TPSA) is 85.4 Å². The molecule has 0 amide bonds. The van der Waals surface area contributed by atoms with Crippen LogP contribution in [-0.2, 0) is 16.4 Å². The molecule has 0 radical (unpaired) electrons. The van der Waals surface area contributed by atoms with Crippen LogP contribution in [-0.4, -0.2) is 32.0 Å². The number of benzene rings is 2. The van der Waals surface area contributed by atoms with Crippen LogP contribution in [0.25, 0.3) is 11.1 Å². The summed E-state index contributed by atoms with van der Waals surface area (Å²) in [5.74, 6) is 0.234. The number of carbonyl (C=O) groups excluding carboxylic acids is 1. The molecule has 1 aliphatic rings. The lowest BCUT2D eigenvalue weighted by molar-refractivity contribution is 0.0829. The number of pyridine rings is 1. The van der Waals surface area contributed by atoms with Gasteiger partial charge in [-0.2, -0.15) is 0 Å². The van der Waals surface area contributed by atoms with Crippen LogP contribution in [0.5, 0.6) is 5.75 Å². The van der Waals surface area contributed by atoms with Crippen LogP contribution in [0.3, 0.4) is 0 Å². The molecular weight excluding hydrogens is 468 g/mol. The maximum Gasteiger partial charge on any atom is 0.229 e. The van der Waals surface area contributed by atoms with Gasteiger partial charge in [0.1, 0.15) is 5.75 Å². The Morgan fingerprint density at radius 2 is 1.93 bits per heavy atom. The van der Waals surface area contributed by atoms with Gasteiger partial charge in [-0.3, -0.25) is 14.5 Å². The number of rotatable bonds is 5. The molecule has 8 heteroatoms. The zero-order chi connectivity index (χ0) is 21.3. The van der Waals surface area contributed by atoms with Gasteiger partial charge < -0.3 is 4.74 Å². The minimum Gasteiger partial charge on any atom is -0.492 e. The maximum absolute atomic E-state index is 13.0. The number of ether oxygens (including phenoxy) is 1. The fourth-order valence-electron chi connectivity index (χ4n) is 3.45. The summed E-state index contributed by atoms with van der Waals surface area (Å²) in [7, 11) is -3.42. The van der Waals surface area contributed by atoms with E-state index in [9.17, 15) is 13.2 Å². The number of ketones is 1. The molecule has 1 aromatic heterocycles. The van der Waals surface area contributed by atoms with Crippen LogP contribution in [0.2, 0.25) is 0 Å². The lowest BCUT2D eigenvalue weighted by Crippen LogP contribution is -2.29. The SMILES string of the molecule is CS(=O)(=O)Nc1ccccc1-c1ccc2c(c1)OCC(Cc1ccc(Br)cn1)C2=O. The standard InChI is InChI=1S/C22H19BrN2O4S/c1-30(27,28)25-20-5-3-2-4-18(20)14-6-9-19-21(11-14)29-13-15(22(19)26)10-17-8-7-16(23)12-24-17/h2-9,11-12,15,25H,10,13H2,1H3. The molecule has 0 bridgehead atoms. The Kier molecular flexibility index (Phi) is 5.62. The van der Waals surface area contributed by atoms with Crippen molar-refractivity contribution in [2.75, 3.05) is 17.6 Å². The molecule has 30 heavy (non-hydrogen) atoms. The number of halogens is 1. The van der Waals surface area contributed by atoms with Gasteiger partial charge in [0.05, 0.1) is 30.0 Å². The summed E-state index contributed by atoms with van der Waals surface area (Å²) in [5.41, 5.74) is 3.31. The van der Waals surface area contributed by atoms with E-state index in [1.165, 1.54) is 0 Å². The van der Waals surface area contributed by atoms with Crippen molar-refractivity contribution in [2.24, 2.45) is 5.92 Å². The lowest BCUT2D eigenvalue weighted by Gasteiger charge is -2.24. The molecule has 0 saturated heterocycles. The number of hydrogen-bond donors (Lipinski definition) is 1. The summed E-state index contributed by atoms with van der Waals surface area (Å²) in [6, 6.07) is 16.2. The van der Waals surface area contributed by atoms with E-state index in [1.54, 1.807) is 30.5 Å². The van der Waals surface area contributed by atoms with Crippen LogP contribution in [0.15, 0.2) is 65.3 Å². The molecule has 1 unspecified atom stereocenters. The van der Waals surface area contributed by atoms with E-state index in [2.05, 4.69) is 25.6 Å². The molecule has 6 nitrogen and oxygen atoms in total. The quantitative estimate of drug-likeness (QED) is 0.580. The molecule has 1 aliphatic heterocycles. The highest BCUT2D eigenvalue weighted by Gasteiger charge is 2.29. The van der Waals surface area contributed by atoms with Gasteiger partial charge >= 0.3 is 0 Å². The lowest BCUT2D eigenvalue weighted by atomic mass is 9.90. The number of carbonyl (C=O) groups is 1. The average Bonchev–Trinajstić information content (AvgIpc) is 2.71. The normalized spacial score (nSPS) is 15.9. The first-order valence-electron chi connectivity index (χ1n) is 9.29. The van der Waals surface area contributed by atoms with Crippen molar-refractivity contribution in [3.05, 3.63) is 76.5 Å². The van der Waals surface area contributed by atoms with E-state index >= 15 is 0 Å². The summed E-state index contributed by atoms with van der Waals surface area (Å²) in [4.78, 5) is 17.3. The number of hydrogen-bond acceptors (Lipinski definition) is 5. The molecule has 154 valence electrons. The molecule has 1 atom stereocenters. The van der Waals surface area contributed by atoms with Gasteiger partial charge in [0.2, 0.25) is 10.0 Å². The Balaban J connectivity index is 1.60.